The fourth-order valence-electron chi connectivity index (χ4n) is 11.1. The molecule has 0 saturated heterocycles. The van der Waals surface area contributed by atoms with E-state index in [1.807, 2.05) is 104 Å². The topological polar surface area (TPSA) is 379 Å². The van der Waals surface area contributed by atoms with Crippen LogP contribution >= 0.6 is 0 Å². The molecule has 0 aliphatic rings. The molecule has 119 heavy (non-hydrogen) atoms. The fraction of sp³-hybridized carbons (Fsp3) is 0.828. The first kappa shape index (κ1) is 109. The number of aromatic nitrogens is 2. The summed E-state index contributed by atoms with van der Waals surface area (Å²) in [5.74, 6) is -0.649. The van der Waals surface area contributed by atoms with Gasteiger partial charge in [0.15, 0.2) is 0 Å². The number of nitrogens with zero attached hydrogens (tertiary/aromatic N) is 3. The summed E-state index contributed by atoms with van der Waals surface area (Å²) in [7, 11) is -3.71. The maximum absolute atomic E-state index is 13.8. The minimum Gasteiger partial charge on any atom is -0.408 e. The summed E-state index contributed by atoms with van der Waals surface area (Å²) in [6, 6.07) is 6.36. The number of hydrogen-bond donors (Lipinski definition) is 6. The average Bonchev–Trinajstić information content (AvgIpc) is 1.70. The molecule has 32 heteroatoms. The number of sulfone groups is 1. The van der Waals surface area contributed by atoms with Crippen molar-refractivity contribution >= 4 is 51.2 Å². The third kappa shape index (κ3) is 54.4. The van der Waals surface area contributed by atoms with Crippen molar-refractivity contribution < 1.29 is 103 Å². The number of benzene rings is 1. The molecule has 2 rings (SSSR count). The van der Waals surface area contributed by atoms with Crippen LogP contribution in [0.25, 0.3) is 11.5 Å². The standard InChI is InChI=1S/C87H157N9O22S/c1-24-69(97)88-53-81(9,10)63-116-64-84(15,16)56-91-72(100)51-79(5,6)59-114-61-82(11,12)54-89-70(98)29-35-106-39-43-110-47-49-112-45-41-108-37-33-96(75(102)68-27-25-67(26-28-68)74-94-95-77(118-74)119(23,104)105)34-38-109-42-46-113-50-48-111-44-40-107-36-30-71(99)90-55-83(13,14)62-115-60-80(7,8)52-73(101)92-57-85(17,18)65-117-66-86(19,20)58-93-76(103)87(21,22)32-31-78(2,3)4/h25-28H,24,29-66H2,1-23H3,(H,88,97)(H,89,98)(H,90,99)(H,91,100)(H,92,101)(H,93,103). The molecular weight excluding hydrogens is 1560 g/mol. The molecule has 0 aliphatic heterocycles. The van der Waals surface area contributed by atoms with E-state index < -0.39 is 31.3 Å². The van der Waals surface area contributed by atoms with E-state index in [1.54, 1.807) is 29.2 Å². The van der Waals surface area contributed by atoms with Crippen molar-refractivity contribution in [2.75, 3.05) is 217 Å². The molecule has 0 spiro atoms. The van der Waals surface area contributed by atoms with Gasteiger partial charge in [0.2, 0.25) is 51.2 Å². The Morgan fingerprint density at radius 2 is 0.655 bits per heavy atom. The van der Waals surface area contributed by atoms with Crippen LogP contribution in [0.1, 0.15) is 208 Å². The Labute approximate surface area is 713 Å². The molecule has 0 fully saturated rings. The third-order valence-electron chi connectivity index (χ3n) is 18.8. The van der Waals surface area contributed by atoms with E-state index in [-0.39, 0.29) is 177 Å². The third-order valence-corrected chi connectivity index (χ3v) is 19.6. The van der Waals surface area contributed by atoms with E-state index in [4.69, 9.17) is 61.3 Å². The zero-order valence-corrected chi connectivity index (χ0v) is 77.9. The fourth-order valence-corrected chi connectivity index (χ4v) is 11.5. The number of rotatable bonds is 69. The lowest BCUT2D eigenvalue weighted by Crippen LogP contribution is -2.44. The first-order valence-corrected chi connectivity index (χ1v) is 44.1. The minimum atomic E-state index is -3.71. The van der Waals surface area contributed by atoms with E-state index in [2.05, 4.69) is 90.6 Å². The Morgan fingerprint density at radius 3 is 0.966 bits per heavy atom. The molecule has 1 heterocycles. The molecule has 688 valence electrons. The van der Waals surface area contributed by atoms with Gasteiger partial charge in [0, 0.05) is 140 Å². The van der Waals surface area contributed by atoms with Gasteiger partial charge in [-0.3, -0.25) is 33.6 Å². The molecule has 0 bridgehead atoms. The van der Waals surface area contributed by atoms with Crippen molar-refractivity contribution in [2.24, 2.45) is 54.1 Å². The van der Waals surface area contributed by atoms with Crippen LogP contribution < -0.4 is 31.9 Å². The molecule has 7 amide bonds. The summed E-state index contributed by atoms with van der Waals surface area (Å²) >= 11 is 0. The van der Waals surface area contributed by atoms with Gasteiger partial charge < -0.3 is 98.1 Å². The maximum atomic E-state index is 13.8. The SMILES string of the molecule is CCC(=O)NCC(C)(C)COCC(C)(C)CNC(=O)CC(C)(C)COCC(C)(C)CNC(=O)CCOCCOCCOCCOCCN(CCOCCOCCOCCOCCC(=O)NCC(C)(C)COCC(C)(C)CC(=O)NCC(C)(C)COCC(C)(C)CNC(=O)C(C)(C)CCC(C)(C)C)C(=O)c1ccc(-c2nnc(S(C)(=O)=O)o2)cc1. The Bertz CT molecular complexity index is 3360. The number of ether oxygens (including phenoxy) is 12. The van der Waals surface area contributed by atoms with Crippen LogP contribution in [0.15, 0.2) is 33.9 Å². The Morgan fingerprint density at radius 1 is 0.361 bits per heavy atom. The second kappa shape index (κ2) is 54.0. The van der Waals surface area contributed by atoms with Crippen molar-refractivity contribution in [3.05, 3.63) is 29.8 Å². The molecular formula is C87H157N9O22S. The number of hydrogen-bond acceptors (Lipinski definition) is 24. The van der Waals surface area contributed by atoms with E-state index in [0.717, 1.165) is 19.1 Å². The van der Waals surface area contributed by atoms with Crippen molar-refractivity contribution in [3.8, 4) is 11.5 Å². The zero-order chi connectivity index (χ0) is 89.7. The lowest BCUT2D eigenvalue weighted by Gasteiger charge is -2.32. The Hall–Kier alpha value is -5.88. The highest BCUT2D eigenvalue weighted by Crippen LogP contribution is 2.32. The van der Waals surface area contributed by atoms with Crippen LogP contribution in [-0.2, 0) is 95.4 Å². The van der Waals surface area contributed by atoms with Gasteiger partial charge in [-0.25, -0.2) is 8.42 Å². The van der Waals surface area contributed by atoms with Crippen LogP contribution in [0.3, 0.4) is 0 Å². The smallest absolute Gasteiger partial charge is 0.335 e. The van der Waals surface area contributed by atoms with E-state index in [1.165, 1.54) is 0 Å². The maximum Gasteiger partial charge on any atom is 0.335 e. The predicted molar refractivity (Wildman–Crippen MR) is 458 cm³/mol. The Kier molecular flexibility index (Phi) is 49.5. The van der Waals surface area contributed by atoms with Gasteiger partial charge in [-0.15, -0.1) is 5.10 Å². The summed E-state index contributed by atoms with van der Waals surface area (Å²) in [6.07, 6.45) is 4.12. The van der Waals surface area contributed by atoms with Gasteiger partial charge in [0.25, 0.3) is 5.91 Å². The zero-order valence-electron chi connectivity index (χ0n) is 77.1. The van der Waals surface area contributed by atoms with Crippen LogP contribution in [0.2, 0.25) is 0 Å². The summed E-state index contributed by atoms with van der Waals surface area (Å²) < 4.78 is 99.1. The van der Waals surface area contributed by atoms with Gasteiger partial charge >= 0.3 is 5.22 Å². The second-order valence-electron chi connectivity index (χ2n) is 39.4. The highest BCUT2D eigenvalue weighted by Gasteiger charge is 2.34. The van der Waals surface area contributed by atoms with Gasteiger partial charge in [-0.2, -0.15) is 0 Å². The molecule has 0 unspecified atom stereocenters. The highest BCUT2D eigenvalue weighted by molar-refractivity contribution is 7.90. The molecule has 2 aromatic rings. The van der Waals surface area contributed by atoms with Gasteiger partial charge in [-0.05, 0) is 53.4 Å². The average molecular weight is 1710 g/mol. The molecule has 0 saturated carbocycles. The van der Waals surface area contributed by atoms with E-state index in [9.17, 15) is 42.0 Å². The summed E-state index contributed by atoms with van der Waals surface area (Å²) in [4.78, 5) is 91.6. The highest BCUT2D eigenvalue weighted by atomic mass is 32.2. The second-order valence-corrected chi connectivity index (χ2v) is 41.3. The van der Waals surface area contributed by atoms with Crippen molar-refractivity contribution in [2.45, 2.75) is 202 Å². The van der Waals surface area contributed by atoms with Crippen LogP contribution in [0, 0.1) is 54.1 Å². The van der Waals surface area contributed by atoms with Crippen LogP contribution in [-0.4, -0.2) is 282 Å². The minimum absolute atomic E-state index is 0.00865. The summed E-state index contributed by atoms with van der Waals surface area (Å²) in [5, 5.41) is 25.1. The largest absolute Gasteiger partial charge is 0.408 e. The number of carbonyl (C=O) groups is 7. The summed E-state index contributed by atoms with van der Waals surface area (Å²) in [5.41, 5.74) is -2.15. The summed E-state index contributed by atoms with van der Waals surface area (Å²) in [6.45, 7) is 55.9. The molecule has 0 aliphatic carbocycles. The normalized spacial score (nSPS) is 13.0. The van der Waals surface area contributed by atoms with E-state index in [0.29, 0.717) is 163 Å². The number of amides is 7. The first-order valence-electron chi connectivity index (χ1n) is 42.2. The molecule has 0 radical (unpaired) electrons. The number of nitrogens with one attached hydrogen (secondary N) is 6. The lowest BCUT2D eigenvalue weighted by molar-refractivity contribution is -0.130. The van der Waals surface area contributed by atoms with Crippen molar-refractivity contribution in [1.29, 1.82) is 0 Å². The molecule has 1 aromatic carbocycles. The molecule has 31 nitrogen and oxygen atoms in total. The molecule has 0 atom stereocenters. The van der Waals surface area contributed by atoms with Crippen molar-refractivity contribution in [3.63, 3.8) is 0 Å². The first-order chi connectivity index (χ1) is 55.3. The van der Waals surface area contributed by atoms with Gasteiger partial charge in [0.1, 0.15) is 0 Å². The van der Waals surface area contributed by atoms with Crippen LogP contribution in [0.4, 0.5) is 0 Å². The van der Waals surface area contributed by atoms with E-state index >= 15 is 0 Å². The van der Waals surface area contributed by atoms with Crippen molar-refractivity contribution in [1.82, 2.24) is 47.0 Å². The Balaban J connectivity index is 1.61. The quantitative estimate of drug-likeness (QED) is 0.0335. The monoisotopic (exact) mass is 1710 g/mol. The molecule has 6 N–H and O–H groups in total. The number of carbonyl (C=O) groups excluding carboxylic acids is 7. The van der Waals surface area contributed by atoms with Gasteiger partial charge in [-0.1, -0.05) is 157 Å². The molecule has 1 aromatic heterocycles. The van der Waals surface area contributed by atoms with Crippen LogP contribution in [0.5, 0.6) is 0 Å². The predicted octanol–water partition coefficient (Wildman–Crippen LogP) is 9.51. The lowest BCUT2D eigenvalue weighted by atomic mass is 9.79. The van der Waals surface area contributed by atoms with Gasteiger partial charge in [0.05, 0.1) is 159 Å².